The van der Waals surface area contributed by atoms with Gasteiger partial charge in [-0.15, -0.1) is 0 Å². The molecule has 1 unspecified atom stereocenters. The summed E-state index contributed by atoms with van der Waals surface area (Å²) >= 11 is 0. The van der Waals surface area contributed by atoms with E-state index >= 15 is 0 Å². The highest BCUT2D eigenvalue weighted by Crippen LogP contribution is 2.44. The van der Waals surface area contributed by atoms with Gasteiger partial charge in [-0.25, -0.2) is 22.0 Å². The molecule has 0 aliphatic heterocycles. The molecule has 1 aliphatic rings. The van der Waals surface area contributed by atoms with Crippen LogP contribution in [-0.2, 0) is 30.1 Å². The Morgan fingerprint density at radius 1 is 1.02 bits per heavy atom. The molecule has 2 amide bonds. The normalized spacial score (nSPS) is 14.0. The number of carbonyl (C=O) groups is 2. The van der Waals surface area contributed by atoms with Gasteiger partial charge in [-0.3, -0.25) is 19.3 Å². The van der Waals surface area contributed by atoms with E-state index < -0.39 is 77.6 Å². The molecule has 14 heteroatoms. The highest BCUT2D eigenvalue weighted by Gasteiger charge is 2.46. The maximum absolute atomic E-state index is 14.6. The Labute approximate surface area is 253 Å². The highest BCUT2D eigenvalue weighted by molar-refractivity contribution is 5.94. The Hall–Kier alpha value is -4.75. The van der Waals surface area contributed by atoms with E-state index in [0.29, 0.717) is 10.7 Å². The van der Waals surface area contributed by atoms with Crippen LogP contribution in [0.5, 0.6) is 0 Å². The second kappa shape index (κ2) is 13.5. The first-order chi connectivity index (χ1) is 21.3. The number of nitrogens with zero attached hydrogens (tertiary/aromatic N) is 3. The molecule has 0 radical (unpaired) electrons. The lowest BCUT2D eigenvalue weighted by Gasteiger charge is -2.22. The zero-order valence-electron chi connectivity index (χ0n) is 24.1. The predicted molar refractivity (Wildman–Crippen MR) is 150 cm³/mol. The molecule has 5 rings (SSSR count). The maximum atomic E-state index is 14.6. The third kappa shape index (κ3) is 7.15. The van der Waals surface area contributed by atoms with Gasteiger partial charge in [0.05, 0.1) is 17.3 Å². The summed E-state index contributed by atoms with van der Waals surface area (Å²) in [5.41, 5.74) is 3.66. The Kier molecular flexibility index (Phi) is 9.94. The summed E-state index contributed by atoms with van der Waals surface area (Å²) in [6.07, 6.45) is -3.10. The lowest BCUT2D eigenvalue weighted by atomic mass is 9.94. The first-order valence-corrected chi connectivity index (χ1v) is 13.9. The van der Waals surface area contributed by atoms with Crippen molar-refractivity contribution >= 4 is 11.8 Å². The van der Waals surface area contributed by atoms with Crippen molar-refractivity contribution in [1.29, 1.82) is 0 Å². The van der Waals surface area contributed by atoms with E-state index in [9.17, 15) is 40.3 Å². The fourth-order valence-corrected chi connectivity index (χ4v) is 5.24. The lowest BCUT2D eigenvalue weighted by molar-refractivity contribution is -0.122. The number of hydrogen-bond acceptors (Lipinski definition) is 4. The molecule has 2 heterocycles. The molecule has 0 saturated carbocycles. The number of benzene rings is 2. The van der Waals surface area contributed by atoms with Crippen molar-refractivity contribution in [2.75, 3.05) is 0 Å². The molecule has 2 aromatic carbocycles. The van der Waals surface area contributed by atoms with E-state index in [1.165, 1.54) is 30.5 Å². The van der Waals surface area contributed by atoms with Crippen LogP contribution in [0, 0.1) is 17.5 Å². The minimum Gasteiger partial charge on any atom is -0.366 e. The van der Waals surface area contributed by atoms with Gasteiger partial charge >= 0.3 is 0 Å². The summed E-state index contributed by atoms with van der Waals surface area (Å²) < 4.78 is 99.0. The number of pyridine rings is 1. The molecule has 4 aromatic rings. The van der Waals surface area contributed by atoms with Crippen molar-refractivity contribution in [3.8, 4) is 11.1 Å². The standard InChI is InChI=1S/C29H22F7N5O2.C2H6/c30-16-8-14(9-17(31)12-16)10-22(24-18(2-1-7-38-24)15-3-4-21(32)20(11-15)28(37)43)39-23(42)13-41-26-19(5-6-29(26,35)36)25(40-41)27(33)34;1-2/h1-4,7-9,11-12,22,27H,5-6,10,13H2,(H2,37,43)(H,39,42);1-2H3. The Morgan fingerprint density at radius 2 is 1.71 bits per heavy atom. The number of amides is 2. The Morgan fingerprint density at radius 3 is 2.36 bits per heavy atom. The Bertz CT molecular complexity index is 1700. The number of fused-ring (bicyclic) bond motifs is 1. The minimum absolute atomic E-state index is 0.0860. The number of nitrogens with two attached hydrogens (primary N) is 1. The summed E-state index contributed by atoms with van der Waals surface area (Å²) in [4.78, 5) is 29.3. The van der Waals surface area contributed by atoms with E-state index in [4.69, 9.17) is 5.73 Å². The average molecular weight is 636 g/mol. The van der Waals surface area contributed by atoms with Crippen LogP contribution in [0.1, 0.15) is 71.3 Å². The number of nitrogens with one attached hydrogen (secondary N) is 1. The van der Waals surface area contributed by atoms with E-state index in [2.05, 4.69) is 15.4 Å². The number of rotatable bonds is 9. The molecule has 0 fully saturated rings. The topological polar surface area (TPSA) is 103 Å². The molecule has 1 atom stereocenters. The summed E-state index contributed by atoms with van der Waals surface area (Å²) in [5.74, 6) is -8.16. The second-order valence-corrected chi connectivity index (χ2v) is 9.97. The number of alkyl halides is 4. The summed E-state index contributed by atoms with van der Waals surface area (Å²) in [6, 6.07) is 8.03. The number of aromatic nitrogens is 3. The SMILES string of the molecule is CC.NC(=O)c1cc(-c2cccnc2C(Cc2cc(F)cc(F)c2)NC(=O)Cn2nc(C(F)F)c3c2C(F)(F)CC3)ccc1F. The summed E-state index contributed by atoms with van der Waals surface area (Å²) in [7, 11) is 0. The Balaban J connectivity index is 0.00000226. The molecule has 0 bridgehead atoms. The second-order valence-electron chi connectivity index (χ2n) is 9.97. The molecule has 45 heavy (non-hydrogen) atoms. The summed E-state index contributed by atoms with van der Waals surface area (Å²) in [6.45, 7) is 3.13. The fraction of sp³-hybridized carbons (Fsp3) is 0.290. The van der Waals surface area contributed by atoms with Crippen molar-refractivity contribution in [2.24, 2.45) is 5.73 Å². The molecule has 7 nitrogen and oxygen atoms in total. The molecule has 1 aliphatic carbocycles. The largest absolute Gasteiger partial charge is 0.366 e. The number of carbonyl (C=O) groups excluding carboxylic acids is 2. The van der Waals surface area contributed by atoms with Crippen molar-refractivity contribution in [1.82, 2.24) is 20.1 Å². The van der Waals surface area contributed by atoms with Crippen LogP contribution in [-0.4, -0.2) is 26.6 Å². The molecule has 3 N–H and O–H groups in total. The van der Waals surface area contributed by atoms with Crippen LogP contribution in [0.4, 0.5) is 30.7 Å². The van der Waals surface area contributed by atoms with Gasteiger partial charge in [-0.2, -0.15) is 13.9 Å². The smallest absolute Gasteiger partial charge is 0.290 e. The first-order valence-electron chi connectivity index (χ1n) is 13.9. The van der Waals surface area contributed by atoms with E-state index in [1.807, 2.05) is 13.8 Å². The van der Waals surface area contributed by atoms with Crippen LogP contribution in [0.25, 0.3) is 11.1 Å². The third-order valence-corrected chi connectivity index (χ3v) is 7.03. The van der Waals surface area contributed by atoms with Crippen LogP contribution >= 0.6 is 0 Å². The van der Waals surface area contributed by atoms with Crippen molar-refractivity contribution in [3.05, 3.63) is 106 Å². The van der Waals surface area contributed by atoms with Crippen LogP contribution in [0.2, 0.25) is 0 Å². The van der Waals surface area contributed by atoms with Crippen LogP contribution in [0.15, 0.2) is 54.7 Å². The molecular weight excluding hydrogens is 607 g/mol. The average Bonchev–Trinajstić information content (AvgIpc) is 3.51. The first kappa shape index (κ1) is 33.1. The minimum atomic E-state index is -3.48. The highest BCUT2D eigenvalue weighted by atomic mass is 19.3. The zero-order valence-corrected chi connectivity index (χ0v) is 24.1. The van der Waals surface area contributed by atoms with Gasteiger partial charge < -0.3 is 11.1 Å². The van der Waals surface area contributed by atoms with Crippen molar-refractivity contribution in [2.45, 2.75) is 58.0 Å². The number of halogens is 7. The maximum Gasteiger partial charge on any atom is 0.290 e. The molecule has 0 saturated heterocycles. The van der Waals surface area contributed by atoms with Crippen LogP contribution < -0.4 is 11.1 Å². The number of hydrogen-bond donors (Lipinski definition) is 2. The molecule has 238 valence electrons. The quantitative estimate of drug-likeness (QED) is 0.203. The van der Waals surface area contributed by atoms with Gasteiger partial charge in [0.15, 0.2) is 0 Å². The van der Waals surface area contributed by atoms with E-state index in [-0.39, 0.29) is 40.8 Å². The number of primary amides is 1. The fourth-order valence-electron chi connectivity index (χ4n) is 5.24. The molecular formula is C31H28F7N5O2. The predicted octanol–water partition coefficient (Wildman–Crippen LogP) is 6.56. The van der Waals surface area contributed by atoms with E-state index in [1.54, 1.807) is 0 Å². The van der Waals surface area contributed by atoms with Gasteiger partial charge in [0.1, 0.15) is 35.4 Å². The monoisotopic (exact) mass is 635 g/mol. The van der Waals surface area contributed by atoms with E-state index in [0.717, 1.165) is 18.2 Å². The van der Waals surface area contributed by atoms with Gasteiger partial charge in [0.2, 0.25) is 5.91 Å². The molecule has 0 spiro atoms. The van der Waals surface area contributed by atoms with Gasteiger partial charge in [0, 0.05) is 29.8 Å². The van der Waals surface area contributed by atoms with Crippen molar-refractivity contribution in [3.63, 3.8) is 0 Å². The van der Waals surface area contributed by atoms with Gasteiger partial charge in [-0.05, 0) is 54.3 Å². The van der Waals surface area contributed by atoms with Crippen molar-refractivity contribution < 1.29 is 40.3 Å². The third-order valence-electron chi connectivity index (χ3n) is 7.03. The van der Waals surface area contributed by atoms with Gasteiger partial charge in [0.25, 0.3) is 18.3 Å². The summed E-state index contributed by atoms with van der Waals surface area (Å²) in [5, 5.41) is 6.17. The zero-order chi connectivity index (χ0) is 33.1. The van der Waals surface area contributed by atoms with Crippen LogP contribution in [0.3, 0.4) is 0 Å². The lowest BCUT2D eigenvalue weighted by Crippen LogP contribution is -2.35. The van der Waals surface area contributed by atoms with Gasteiger partial charge in [-0.1, -0.05) is 26.0 Å². The molecule has 2 aromatic heterocycles.